The number of carbonyl (C=O) groups is 1. The molecular formula is C19H22N2O4S2. The molecule has 0 saturated carbocycles. The van der Waals surface area contributed by atoms with Crippen molar-refractivity contribution in [3.8, 4) is 5.75 Å². The summed E-state index contributed by atoms with van der Waals surface area (Å²) in [7, 11) is -1.36. The van der Waals surface area contributed by atoms with Gasteiger partial charge in [0.1, 0.15) is 12.4 Å². The van der Waals surface area contributed by atoms with Crippen molar-refractivity contribution in [2.24, 2.45) is 0 Å². The number of rotatable bonds is 6. The molecule has 0 bridgehead atoms. The van der Waals surface area contributed by atoms with Gasteiger partial charge in [-0.2, -0.15) is 0 Å². The number of benzene rings is 1. The molecule has 144 valence electrons. The highest BCUT2D eigenvalue weighted by Crippen LogP contribution is 2.18. The van der Waals surface area contributed by atoms with Crippen molar-refractivity contribution in [1.29, 1.82) is 0 Å². The summed E-state index contributed by atoms with van der Waals surface area (Å²) in [6.45, 7) is 2.38. The first-order valence-electron chi connectivity index (χ1n) is 8.61. The van der Waals surface area contributed by atoms with E-state index in [-0.39, 0.29) is 23.5 Å². The molecule has 1 aromatic heterocycles. The molecule has 1 atom stereocenters. The van der Waals surface area contributed by atoms with E-state index in [2.05, 4.69) is 4.98 Å². The predicted octanol–water partition coefficient (Wildman–Crippen LogP) is 2.69. The Morgan fingerprint density at radius 1 is 1.37 bits per heavy atom. The van der Waals surface area contributed by atoms with E-state index in [0.717, 1.165) is 22.0 Å². The first kappa shape index (κ1) is 19.6. The van der Waals surface area contributed by atoms with E-state index in [4.69, 9.17) is 4.74 Å². The number of hydrogen-bond acceptors (Lipinski definition) is 6. The van der Waals surface area contributed by atoms with Crippen LogP contribution in [-0.4, -0.2) is 48.8 Å². The van der Waals surface area contributed by atoms with Crippen molar-refractivity contribution >= 4 is 33.2 Å². The van der Waals surface area contributed by atoms with Crippen LogP contribution in [-0.2, 0) is 21.2 Å². The maximum atomic E-state index is 12.3. The number of aryl methyl sites for hydroxylation is 1. The molecule has 1 aromatic carbocycles. The molecular weight excluding hydrogens is 384 g/mol. The van der Waals surface area contributed by atoms with Gasteiger partial charge in [0.15, 0.2) is 9.84 Å². The van der Waals surface area contributed by atoms with Crippen LogP contribution in [0, 0.1) is 6.92 Å². The third kappa shape index (κ3) is 5.40. The van der Waals surface area contributed by atoms with Crippen LogP contribution in [0.25, 0.3) is 6.08 Å². The van der Waals surface area contributed by atoms with Crippen LogP contribution in [0.1, 0.15) is 22.7 Å². The lowest BCUT2D eigenvalue weighted by molar-refractivity contribution is -0.126. The number of nitrogens with zero attached hydrogens (tertiary/aromatic N) is 2. The lowest BCUT2D eigenvalue weighted by Gasteiger charge is -2.21. The molecule has 1 fully saturated rings. The number of amides is 1. The summed E-state index contributed by atoms with van der Waals surface area (Å²) in [4.78, 5) is 18.1. The third-order valence-corrected chi connectivity index (χ3v) is 7.03. The van der Waals surface area contributed by atoms with Crippen molar-refractivity contribution in [3.05, 3.63) is 52.0 Å². The van der Waals surface area contributed by atoms with Gasteiger partial charge in [0.25, 0.3) is 0 Å². The van der Waals surface area contributed by atoms with Gasteiger partial charge < -0.3 is 9.64 Å². The predicted molar refractivity (Wildman–Crippen MR) is 106 cm³/mol. The van der Waals surface area contributed by atoms with Crippen molar-refractivity contribution in [1.82, 2.24) is 9.88 Å². The third-order valence-electron chi connectivity index (χ3n) is 4.46. The highest BCUT2D eigenvalue weighted by Gasteiger charge is 2.31. The van der Waals surface area contributed by atoms with Crippen molar-refractivity contribution in [2.45, 2.75) is 26.0 Å². The van der Waals surface area contributed by atoms with Gasteiger partial charge in [-0.1, -0.05) is 12.1 Å². The Hall–Kier alpha value is -2.19. The van der Waals surface area contributed by atoms with E-state index in [9.17, 15) is 13.2 Å². The lowest BCUT2D eigenvalue weighted by Crippen LogP contribution is -2.36. The Balaban J connectivity index is 1.53. The highest BCUT2D eigenvalue weighted by molar-refractivity contribution is 7.91. The fourth-order valence-corrected chi connectivity index (χ4v) is 5.22. The van der Waals surface area contributed by atoms with Crippen LogP contribution in [0.4, 0.5) is 0 Å². The van der Waals surface area contributed by atoms with Gasteiger partial charge in [-0.05, 0) is 37.1 Å². The number of hydrogen-bond donors (Lipinski definition) is 0. The van der Waals surface area contributed by atoms with Gasteiger partial charge in [0, 0.05) is 24.5 Å². The molecule has 3 rings (SSSR count). The van der Waals surface area contributed by atoms with Gasteiger partial charge in [-0.25, -0.2) is 13.4 Å². The van der Waals surface area contributed by atoms with Crippen LogP contribution in [0.2, 0.25) is 0 Å². The molecule has 27 heavy (non-hydrogen) atoms. The number of thiazole rings is 1. The van der Waals surface area contributed by atoms with Crippen LogP contribution in [0.15, 0.2) is 35.7 Å². The lowest BCUT2D eigenvalue weighted by atomic mass is 10.2. The molecule has 2 aromatic rings. The summed E-state index contributed by atoms with van der Waals surface area (Å²) in [6, 6.07) is 7.18. The van der Waals surface area contributed by atoms with Crippen molar-refractivity contribution in [3.63, 3.8) is 0 Å². The minimum Gasteiger partial charge on any atom is -0.487 e. The fraction of sp³-hybridized carbons (Fsp3) is 0.368. The second kappa shape index (κ2) is 8.22. The number of carbonyl (C=O) groups excluding carboxylic acids is 1. The zero-order valence-corrected chi connectivity index (χ0v) is 16.9. The number of aromatic nitrogens is 1. The van der Waals surface area contributed by atoms with Crippen molar-refractivity contribution in [2.75, 3.05) is 18.6 Å². The quantitative estimate of drug-likeness (QED) is 0.690. The Kier molecular flexibility index (Phi) is 5.96. The molecule has 8 heteroatoms. The van der Waals surface area contributed by atoms with E-state index < -0.39 is 9.84 Å². The average molecular weight is 407 g/mol. The molecule has 1 aliphatic heterocycles. The number of sulfone groups is 1. The normalized spacial score (nSPS) is 18.7. The SMILES string of the molecule is Cc1nc(COc2ccc(C=CC(=O)N(C)C3CCS(=O)(=O)C3)cc2)cs1. The van der Waals surface area contributed by atoms with Gasteiger partial charge in [0.2, 0.25) is 5.91 Å². The molecule has 0 spiro atoms. The second-order valence-corrected chi connectivity index (χ2v) is 9.85. The fourth-order valence-electron chi connectivity index (χ4n) is 2.85. The minimum absolute atomic E-state index is 0.0492. The van der Waals surface area contributed by atoms with E-state index >= 15 is 0 Å². The zero-order valence-electron chi connectivity index (χ0n) is 15.3. The first-order valence-corrected chi connectivity index (χ1v) is 11.3. The van der Waals surface area contributed by atoms with Crippen molar-refractivity contribution < 1.29 is 17.9 Å². The van der Waals surface area contributed by atoms with Gasteiger partial charge in [-0.3, -0.25) is 4.79 Å². The minimum atomic E-state index is -3.01. The summed E-state index contributed by atoms with van der Waals surface area (Å²) in [6.07, 6.45) is 3.69. The number of ether oxygens (including phenoxy) is 1. The molecule has 1 amide bonds. The van der Waals surface area contributed by atoms with Gasteiger partial charge in [-0.15, -0.1) is 11.3 Å². The Labute approximate surface area is 163 Å². The van der Waals surface area contributed by atoms with Gasteiger partial charge in [0.05, 0.1) is 22.2 Å². The maximum Gasteiger partial charge on any atom is 0.246 e. The van der Waals surface area contributed by atoms with E-state index in [0.29, 0.717) is 13.0 Å². The summed E-state index contributed by atoms with van der Waals surface area (Å²) in [5.74, 6) is 0.739. The van der Waals surface area contributed by atoms with Crippen LogP contribution in [0.3, 0.4) is 0 Å². The standard InChI is InChI=1S/C19H22N2O4S2/c1-14-20-16(12-26-14)11-25-18-6-3-15(4-7-18)5-8-19(22)21(2)17-9-10-27(23,24)13-17/h3-8,12,17H,9-11,13H2,1-2H3. The summed E-state index contributed by atoms with van der Waals surface area (Å²) in [5, 5.41) is 2.99. The van der Waals surface area contributed by atoms with Crippen LogP contribution >= 0.6 is 11.3 Å². The van der Waals surface area contributed by atoms with Gasteiger partial charge >= 0.3 is 0 Å². The molecule has 0 radical (unpaired) electrons. The summed E-state index contributed by atoms with van der Waals surface area (Å²) >= 11 is 1.59. The molecule has 1 aliphatic rings. The topological polar surface area (TPSA) is 76.6 Å². The molecule has 0 aliphatic carbocycles. The Morgan fingerprint density at radius 2 is 2.11 bits per heavy atom. The summed E-state index contributed by atoms with van der Waals surface area (Å²) < 4.78 is 28.8. The smallest absolute Gasteiger partial charge is 0.246 e. The molecule has 1 unspecified atom stereocenters. The number of likely N-dealkylation sites (N-methyl/N-ethyl adjacent to an activating group) is 1. The highest BCUT2D eigenvalue weighted by atomic mass is 32.2. The Bertz CT molecular complexity index is 933. The summed E-state index contributed by atoms with van der Waals surface area (Å²) in [5.41, 5.74) is 1.77. The monoisotopic (exact) mass is 406 g/mol. The molecule has 1 saturated heterocycles. The Morgan fingerprint density at radius 3 is 2.70 bits per heavy atom. The van der Waals surface area contributed by atoms with E-state index in [1.807, 2.05) is 36.6 Å². The van der Waals surface area contributed by atoms with Crippen LogP contribution in [0.5, 0.6) is 5.75 Å². The van der Waals surface area contributed by atoms with Crippen LogP contribution < -0.4 is 4.74 Å². The zero-order chi connectivity index (χ0) is 19.4. The van der Waals surface area contributed by atoms with E-state index in [1.54, 1.807) is 24.5 Å². The molecule has 2 heterocycles. The largest absolute Gasteiger partial charge is 0.487 e. The first-order chi connectivity index (χ1) is 12.8. The molecule has 0 N–H and O–H groups in total. The molecule has 6 nitrogen and oxygen atoms in total. The second-order valence-electron chi connectivity index (χ2n) is 6.55. The average Bonchev–Trinajstić information content (AvgIpc) is 3.23. The maximum absolute atomic E-state index is 12.3. The van der Waals surface area contributed by atoms with E-state index in [1.165, 1.54) is 11.0 Å².